The van der Waals surface area contributed by atoms with Crippen LogP contribution in [0.25, 0.3) is 32.2 Å². The molecule has 2 aromatic carbocycles. The number of hydrogen-bond donors (Lipinski definition) is 2. The number of nitrogens with two attached hydrogens (primary N) is 1. The van der Waals surface area contributed by atoms with E-state index in [0.717, 1.165) is 18.5 Å². The van der Waals surface area contributed by atoms with Gasteiger partial charge in [0.1, 0.15) is 0 Å². The van der Waals surface area contributed by atoms with Crippen LogP contribution in [0.1, 0.15) is 20.7 Å². The average molecular weight is 414 g/mol. The first-order chi connectivity index (χ1) is 13.5. The fourth-order valence-corrected chi connectivity index (χ4v) is 3.66. The smallest absolute Gasteiger partial charge is 0.254 e. The van der Waals surface area contributed by atoms with Gasteiger partial charge in [0.05, 0.1) is 11.1 Å². The molecule has 29 heavy (non-hydrogen) atoms. The molecule has 1 fully saturated rings. The second-order valence-corrected chi connectivity index (χ2v) is 6.92. The maximum absolute atomic E-state index is 12.9. The molecule has 0 saturated carbocycles. The summed E-state index contributed by atoms with van der Waals surface area (Å²) < 4.78 is 0. The van der Waals surface area contributed by atoms with E-state index >= 15 is 0 Å². The van der Waals surface area contributed by atoms with Crippen molar-refractivity contribution < 1.29 is 9.59 Å². The SMILES string of the molecule is CN1CCN(C(=O)c2ccc3c(c2)[nH]c2c(C(N)=O)ccc(N=[N+]=[N-])c23)CC1.Cl. The molecule has 0 bridgehead atoms. The lowest BCUT2D eigenvalue weighted by molar-refractivity contribution is 0.0664. The molecule has 9 nitrogen and oxygen atoms in total. The Labute approximate surface area is 172 Å². The standard InChI is InChI=1S/C19H19N7O2.ClH/c1-25-6-8-26(9-7-25)19(28)11-2-3-12-15(10-11)22-17-13(18(20)27)4-5-14(16(12)17)23-24-21;/h2-5,10,22H,6-9H2,1H3,(H2,20,27);1H. The highest BCUT2D eigenvalue weighted by molar-refractivity contribution is 6.19. The summed E-state index contributed by atoms with van der Waals surface area (Å²) in [5, 5.41) is 5.10. The second kappa shape index (κ2) is 8.00. The van der Waals surface area contributed by atoms with E-state index in [-0.39, 0.29) is 18.3 Å². The number of likely N-dealkylation sites (N-methyl/N-ethyl adjacent to an activating group) is 1. The molecule has 1 aliphatic heterocycles. The molecule has 4 rings (SSSR count). The Morgan fingerprint density at radius 1 is 1.17 bits per heavy atom. The summed E-state index contributed by atoms with van der Waals surface area (Å²) in [7, 11) is 2.04. The summed E-state index contributed by atoms with van der Waals surface area (Å²) in [5.41, 5.74) is 16.8. The van der Waals surface area contributed by atoms with E-state index in [2.05, 4.69) is 19.9 Å². The summed E-state index contributed by atoms with van der Waals surface area (Å²) in [5.74, 6) is -0.614. The quantitative estimate of drug-likeness (QED) is 0.388. The number of rotatable bonds is 3. The molecular formula is C19H20ClN7O2. The Morgan fingerprint density at radius 2 is 1.90 bits per heavy atom. The highest BCUT2D eigenvalue weighted by atomic mass is 35.5. The van der Waals surface area contributed by atoms with Crippen molar-refractivity contribution in [3.63, 3.8) is 0 Å². The van der Waals surface area contributed by atoms with Crippen LogP contribution in [0.5, 0.6) is 0 Å². The molecule has 0 radical (unpaired) electrons. The van der Waals surface area contributed by atoms with Crippen LogP contribution in [0.3, 0.4) is 0 Å². The third-order valence-corrected chi connectivity index (χ3v) is 5.19. The maximum Gasteiger partial charge on any atom is 0.254 e. The average Bonchev–Trinajstić information content (AvgIpc) is 3.07. The number of halogens is 1. The normalized spacial score (nSPS) is 14.4. The van der Waals surface area contributed by atoms with E-state index in [4.69, 9.17) is 11.3 Å². The predicted molar refractivity (Wildman–Crippen MR) is 114 cm³/mol. The van der Waals surface area contributed by atoms with Crippen LogP contribution >= 0.6 is 12.4 Å². The lowest BCUT2D eigenvalue weighted by Gasteiger charge is -2.32. The number of fused-ring (bicyclic) bond motifs is 3. The van der Waals surface area contributed by atoms with E-state index in [1.54, 1.807) is 24.3 Å². The van der Waals surface area contributed by atoms with Crippen molar-refractivity contribution >= 4 is 51.7 Å². The topological polar surface area (TPSA) is 131 Å². The summed E-state index contributed by atoms with van der Waals surface area (Å²) in [6.07, 6.45) is 0. The minimum Gasteiger partial charge on any atom is -0.366 e. The third-order valence-electron chi connectivity index (χ3n) is 5.19. The Balaban J connectivity index is 0.00000240. The number of benzene rings is 2. The van der Waals surface area contributed by atoms with Gasteiger partial charge in [-0.15, -0.1) is 12.4 Å². The fourth-order valence-electron chi connectivity index (χ4n) is 3.66. The largest absolute Gasteiger partial charge is 0.366 e. The minimum atomic E-state index is -0.585. The second-order valence-electron chi connectivity index (χ2n) is 6.92. The number of aromatic nitrogens is 1. The lowest BCUT2D eigenvalue weighted by Crippen LogP contribution is -2.47. The molecule has 1 saturated heterocycles. The van der Waals surface area contributed by atoms with Gasteiger partial charge in [-0.25, -0.2) is 0 Å². The monoisotopic (exact) mass is 413 g/mol. The molecule has 3 aromatic rings. The van der Waals surface area contributed by atoms with Crippen LogP contribution in [-0.4, -0.2) is 59.8 Å². The van der Waals surface area contributed by atoms with Gasteiger partial charge in [-0.3, -0.25) is 9.59 Å². The number of primary amides is 1. The summed E-state index contributed by atoms with van der Waals surface area (Å²) in [6.45, 7) is 3.07. The zero-order valence-electron chi connectivity index (χ0n) is 15.8. The zero-order valence-corrected chi connectivity index (χ0v) is 16.6. The van der Waals surface area contributed by atoms with E-state index in [9.17, 15) is 9.59 Å². The first-order valence-corrected chi connectivity index (χ1v) is 8.90. The Morgan fingerprint density at radius 3 is 2.55 bits per heavy atom. The Bertz CT molecular complexity index is 1160. The lowest BCUT2D eigenvalue weighted by atomic mass is 10.0. The highest BCUT2D eigenvalue weighted by Gasteiger charge is 2.21. The molecule has 0 atom stereocenters. The molecule has 2 heterocycles. The van der Waals surface area contributed by atoms with Crippen LogP contribution in [-0.2, 0) is 0 Å². The number of aromatic amines is 1. The Kier molecular flexibility index (Phi) is 5.65. The molecule has 150 valence electrons. The van der Waals surface area contributed by atoms with Crippen LogP contribution in [0.4, 0.5) is 5.69 Å². The van der Waals surface area contributed by atoms with E-state index in [1.165, 1.54) is 6.07 Å². The minimum absolute atomic E-state index is 0. The van der Waals surface area contributed by atoms with Gasteiger partial charge >= 0.3 is 0 Å². The molecule has 0 spiro atoms. The van der Waals surface area contributed by atoms with Gasteiger partial charge in [-0.05, 0) is 30.8 Å². The van der Waals surface area contributed by atoms with Crippen molar-refractivity contribution in [3.8, 4) is 0 Å². The summed E-state index contributed by atoms with van der Waals surface area (Å²) in [6, 6.07) is 8.42. The molecule has 3 N–H and O–H groups in total. The maximum atomic E-state index is 12.9. The third kappa shape index (κ3) is 3.58. The van der Waals surface area contributed by atoms with Crippen molar-refractivity contribution in [2.24, 2.45) is 10.8 Å². The van der Waals surface area contributed by atoms with E-state index < -0.39 is 5.91 Å². The summed E-state index contributed by atoms with van der Waals surface area (Å²) >= 11 is 0. The van der Waals surface area contributed by atoms with E-state index in [0.29, 0.717) is 46.3 Å². The molecule has 10 heteroatoms. The number of nitrogens with one attached hydrogen (secondary N) is 1. The van der Waals surface area contributed by atoms with Crippen molar-refractivity contribution in [2.75, 3.05) is 33.2 Å². The van der Waals surface area contributed by atoms with Crippen molar-refractivity contribution in [1.29, 1.82) is 0 Å². The van der Waals surface area contributed by atoms with Crippen LogP contribution in [0, 0.1) is 0 Å². The van der Waals surface area contributed by atoms with Gasteiger partial charge < -0.3 is 20.5 Å². The molecule has 0 unspecified atom stereocenters. The van der Waals surface area contributed by atoms with E-state index in [1.807, 2.05) is 11.9 Å². The molecule has 1 aliphatic rings. The molecular weight excluding hydrogens is 394 g/mol. The van der Waals surface area contributed by atoms with Gasteiger partial charge in [0.2, 0.25) is 0 Å². The molecule has 1 aromatic heterocycles. The molecule has 0 aliphatic carbocycles. The number of azide groups is 1. The highest BCUT2D eigenvalue weighted by Crippen LogP contribution is 2.36. The Hall–Kier alpha value is -3.26. The summed E-state index contributed by atoms with van der Waals surface area (Å²) in [4.78, 5) is 34.7. The van der Waals surface area contributed by atoms with Gasteiger partial charge in [-0.1, -0.05) is 17.2 Å². The number of nitrogens with zero attached hydrogens (tertiary/aromatic N) is 5. The number of H-pyrrole nitrogens is 1. The van der Waals surface area contributed by atoms with Crippen molar-refractivity contribution in [3.05, 3.63) is 51.9 Å². The van der Waals surface area contributed by atoms with Gasteiger partial charge in [0.25, 0.3) is 11.8 Å². The number of piperazine rings is 1. The predicted octanol–water partition coefficient (Wildman–Crippen LogP) is 3.17. The van der Waals surface area contributed by atoms with Crippen LogP contribution in [0.15, 0.2) is 35.4 Å². The van der Waals surface area contributed by atoms with Crippen LogP contribution in [0.2, 0.25) is 0 Å². The molecule has 2 amide bonds. The van der Waals surface area contributed by atoms with Crippen LogP contribution < -0.4 is 5.73 Å². The van der Waals surface area contributed by atoms with Crippen molar-refractivity contribution in [1.82, 2.24) is 14.8 Å². The number of carbonyl (C=O) groups excluding carboxylic acids is 2. The number of hydrogen-bond acceptors (Lipinski definition) is 4. The first-order valence-electron chi connectivity index (χ1n) is 8.90. The fraction of sp³-hybridized carbons (Fsp3) is 0.263. The first kappa shape index (κ1) is 20.5. The van der Waals surface area contributed by atoms with Gasteiger partial charge in [0, 0.05) is 58.6 Å². The zero-order chi connectivity index (χ0) is 19.8. The number of carbonyl (C=O) groups is 2. The number of amides is 2. The van der Waals surface area contributed by atoms with Gasteiger partial charge in [-0.2, -0.15) is 0 Å². The van der Waals surface area contributed by atoms with Crippen molar-refractivity contribution in [2.45, 2.75) is 0 Å². The van der Waals surface area contributed by atoms with Gasteiger partial charge in [0.15, 0.2) is 0 Å².